The third kappa shape index (κ3) is 5.21. The summed E-state index contributed by atoms with van der Waals surface area (Å²) in [6, 6.07) is 13.2. The van der Waals surface area contributed by atoms with Crippen molar-refractivity contribution in [3.63, 3.8) is 0 Å². The highest BCUT2D eigenvalue weighted by atomic mass is 16.5. The molecule has 1 heterocycles. The van der Waals surface area contributed by atoms with E-state index in [1.165, 1.54) is 5.56 Å². The van der Waals surface area contributed by atoms with Gasteiger partial charge in [-0.15, -0.1) is 0 Å². The van der Waals surface area contributed by atoms with Gasteiger partial charge in [0.05, 0.1) is 19.8 Å². The lowest BCUT2D eigenvalue weighted by molar-refractivity contribution is 0.0696. The first-order chi connectivity index (χ1) is 13.1. The Balaban J connectivity index is 1.55. The summed E-state index contributed by atoms with van der Waals surface area (Å²) in [5.41, 5.74) is 2.56. The molecule has 0 unspecified atom stereocenters. The Morgan fingerprint density at radius 1 is 0.889 bits per heavy atom. The number of hydrogen-bond donors (Lipinski definition) is 1. The van der Waals surface area contributed by atoms with E-state index >= 15 is 0 Å². The van der Waals surface area contributed by atoms with Crippen LogP contribution in [-0.2, 0) is 13.1 Å². The lowest BCUT2D eigenvalue weighted by Gasteiger charge is -2.34. The van der Waals surface area contributed by atoms with Gasteiger partial charge in [-0.2, -0.15) is 0 Å². The fourth-order valence-corrected chi connectivity index (χ4v) is 3.38. The van der Waals surface area contributed by atoms with Gasteiger partial charge in [0.1, 0.15) is 11.5 Å². The van der Waals surface area contributed by atoms with Crippen molar-refractivity contribution in [3.8, 4) is 11.5 Å². The molecule has 1 saturated heterocycles. The number of benzene rings is 2. The number of nitrogens with zero attached hydrogens (tertiary/aromatic N) is 2. The van der Waals surface area contributed by atoms with E-state index in [1.54, 1.807) is 26.4 Å². The summed E-state index contributed by atoms with van der Waals surface area (Å²) in [4.78, 5) is 15.9. The summed E-state index contributed by atoms with van der Waals surface area (Å²) >= 11 is 0. The molecule has 6 nitrogen and oxygen atoms in total. The summed E-state index contributed by atoms with van der Waals surface area (Å²) in [5.74, 6) is 0.734. The average molecular weight is 370 g/mol. The van der Waals surface area contributed by atoms with E-state index in [2.05, 4.69) is 9.80 Å². The number of piperazine rings is 1. The second-order valence-electron chi connectivity index (χ2n) is 6.78. The first-order valence-electron chi connectivity index (χ1n) is 9.06. The van der Waals surface area contributed by atoms with E-state index in [0.717, 1.165) is 56.3 Å². The van der Waals surface area contributed by atoms with Crippen molar-refractivity contribution in [1.82, 2.24) is 9.80 Å². The van der Waals surface area contributed by atoms with Gasteiger partial charge in [0, 0.05) is 45.3 Å². The Morgan fingerprint density at radius 3 is 1.96 bits per heavy atom. The molecular weight excluding hydrogens is 344 g/mol. The molecule has 0 amide bonds. The minimum absolute atomic E-state index is 0.345. The molecule has 2 aromatic rings. The monoisotopic (exact) mass is 370 g/mol. The van der Waals surface area contributed by atoms with Crippen molar-refractivity contribution in [2.45, 2.75) is 13.1 Å². The van der Waals surface area contributed by atoms with E-state index < -0.39 is 5.97 Å². The van der Waals surface area contributed by atoms with E-state index in [4.69, 9.17) is 14.6 Å². The van der Waals surface area contributed by atoms with Crippen LogP contribution in [0.4, 0.5) is 0 Å². The predicted octanol–water partition coefficient (Wildman–Crippen LogP) is 2.72. The molecule has 27 heavy (non-hydrogen) atoms. The maximum absolute atomic E-state index is 11.1. The van der Waals surface area contributed by atoms with Gasteiger partial charge in [-0.05, 0) is 35.4 Å². The standard InChI is InChI=1S/C21H26N2O4/c1-26-19-11-17(12-20(13-19)27-2)15-23-8-6-22(7-9-23)14-16-4-3-5-18(10-16)21(24)25/h3-5,10-13H,6-9,14-15H2,1-2H3,(H,24,25). The van der Waals surface area contributed by atoms with Crippen molar-refractivity contribution in [1.29, 1.82) is 0 Å². The fourth-order valence-electron chi connectivity index (χ4n) is 3.38. The molecule has 1 aliphatic heterocycles. The lowest BCUT2D eigenvalue weighted by Crippen LogP contribution is -2.45. The van der Waals surface area contributed by atoms with Gasteiger partial charge in [0.25, 0.3) is 0 Å². The molecule has 144 valence electrons. The molecule has 1 aliphatic rings. The molecule has 1 fully saturated rings. The van der Waals surface area contributed by atoms with Crippen molar-refractivity contribution < 1.29 is 19.4 Å². The molecule has 0 spiro atoms. The molecule has 0 bridgehead atoms. The quantitative estimate of drug-likeness (QED) is 0.809. The second-order valence-corrected chi connectivity index (χ2v) is 6.78. The Bertz CT molecular complexity index is 763. The predicted molar refractivity (Wildman–Crippen MR) is 104 cm³/mol. The van der Waals surface area contributed by atoms with Gasteiger partial charge in [0.15, 0.2) is 0 Å². The van der Waals surface area contributed by atoms with Crippen LogP contribution in [0.25, 0.3) is 0 Å². The van der Waals surface area contributed by atoms with Gasteiger partial charge in [-0.3, -0.25) is 9.80 Å². The zero-order valence-electron chi connectivity index (χ0n) is 15.9. The summed E-state index contributed by atoms with van der Waals surface area (Å²) in [6.07, 6.45) is 0. The van der Waals surface area contributed by atoms with Crippen molar-refractivity contribution in [3.05, 3.63) is 59.2 Å². The van der Waals surface area contributed by atoms with Crippen LogP contribution >= 0.6 is 0 Å². The SMILES string of the molecule is COc1cc(CN2CCN(Cc3cccc(C(=O)O)c3)CC2)cc(OC)c1. The topological polar surface area (TPSA) is 62.2 Å². The molecule has 0 aliphatic carbocycles. The molecular formula is C21H26N2O4. The van der Waals surface area contributed by atoms with Crippen LogP contribution in [0.5, 0.6) is 11.5 Å². The average Bonchev–Trinajstić information content (AvgIpc) is 2.69. The smallest absolute Gasteiger partial charge is 0.335 e. The zero-order chi connectivity index (χ0) is 19.2. The van der Waals surface area contributed by atoms with Crippen LogP contribution in [0.2, 0.25) is 0 Å². The number of rotatable bonds is 7. The highest BCUT2D eigenvalue weighted by Gasteiger charge is 2.18. The minimum atomic E-state index is -0.879. The largest absolute Gasteiger partial charge is 0.497 e. The Hall–Kier alpha value is -2.57. The molecule has 0 aromatic heterocycles. The first kappa shape index (κ1) is 19.2. The minimum Gasteiger partial charge on any atom is -0.497 e. The van der Waals surface area contributed by atoms with Gasteiger partial charge in [0.2, 0.25) is 0 Å². The van der Waals surface area contributed by atoms with Crippen LogP contribution in [0, 0.1) is 0 Å². The van der Waals surface area contributed by atoms with Gasteiger partial charge >= 0.3 is 5.97 Å². The van der Waals surface area contributed by atoms with Gasteiger partial charge in [-0.25, -0.2) is 4.79 Å². The summed E-state index contributed by atoms with van der Waals surface area (Å²) in [7, 11) is 3.33. The number of hydrogen-bond acceptors (Lipinski definition) is 5. The summed E-state index contributed by atoms with van der Waals surface area (Å²) in [6.45, 7) is 5.49. The van der Waals surface area contributed by atoms with Gasteiger partial charge in [-0.1, -0.05) is 12.1 Å². The maximum atomic E-state index is 11.1. The highest BCUT2D eigenvalue weighted by Crippen LogP contribution is 2.24. The second kappa shape index (κ2) is 8.88. The number of carboxylic acids is 1. The highest BCUT2D eigenvalue weighted by molar-refractivity contribution is 5.87. The van der Waals surface area contributed by atoms with Crippen LogP contribution in [0.15, 0.2) is 42.5 Å². The normalized spacial score (nSPS) is 15.5. The molecule has 3 rings (SSSR count). The van der Waals surface area contributed by atoms with Crippen molar-refractivity contribution in [2.75, 3.05) is 40.4 Å². The molecule has 6 heteroatoms. The fraction of sp³-hybridized carbons (Fsp3) is 0.381. The maximum Gasteiger partial charge on any atom is 0.335 e. The van der Waals surface area contributed by atoms with E-state index in [0.29, 0.717) is 5.56 Å². The Kier molecular flexibility index (Phi) is 6.32. The third-order valence-corrected chi connectivity index (χ3v) is 4.86. The van der Waals surface area contributed by atoms with Crippen LogP contribution in [-0.4, -0.2) is 61.3 Å². The van der Waals surface area contributed by atoms with Crippen LogP contribution < -0.4 is 9.47 Å². The van der Waals surface area contributed by atoms with E-state index in [1.807, 2.05) is 30.3 Å². The molecule has 2 aromatic carbocycles. The summed E-state index contributed by atoms with van der Waals surface area (Å²) < 4.78 is 10.7. The Morgan fingerprint density at radius 2 is 1.44 bits per heavy atom. The first-order valence-corrected chi connectivity index (χ1v) is 9.06. The number of carboxylic acid groups (broad SMARTS) is 1. The number of methoxy groups -OCH3 is 2. The number of aromatic carboxylic acids is 1. The number of carbonyl (C=O) groups is 1. The van der Waals surface area contributed by atoms with Crippen molar-refractivity contribution >= 4 is 5.97 Å². The molecule has 1 N–H and O–H groups in total. The molecule has 0 atom stereocenters. The molecule has 0 radical (unpaired) electrons. The van der Waals surface area contributed by atoms with E-state index in [-0.39, 0.29) is 0 Å². The third-order valence-electron chi connectivity index (χ3n) is 4.86. The van der Waals surface area contributed by atoms with Crippen molar-refractivity contribution in [2.24, 2.45) is 0 Å². The van der Waals surface area contributed by atoms with Gasteiger partial charge < -0.3 is 14.6 Å². The van der Waals surface area contributed by atoms with Crippen LogP contribution in [0.3, 0.4) is 0 Å². The number of ether oxygens (including phenoxy) is 2. The van der Waals surface area contributed by atoms with E-state index in [9.17, 15) is 4.79 Å². The Labute approximate surface area is 159 Å². The zero-order valence-corrected chi connectivity index (χ0v) is 15.9. The molecule has 0 saturated carbocycles. The summed E-state index contributed by atoms with van der Waals surface area (Å²) in [5, 5.41) is 9.13. The lowest BCUT2D eigenvalue weighted by atomic mass is 10.1. The van der Waals surface area contributed by atoms with Crippen LogP contribution in [0.1, 0.15) is 21.5 Å².